The van der Waals surface area contributed by atoms with Crippen molar-refractivity contribution in [1.29, 1.82) is 0 Å². The van der Waals surface area contributed by atoms with E-state index < -0.39 is 0 Å². The Hall–Kier alpha value is -2.44. The van der Waals surface area contributed by atoms with Crippen molar-refractivity contribution in [1.82, 2.24) is 19.8 Å². The number of rotatable bonds is 5. The van der Waals surface area contributed by atoms with E-state index >= 15 is 0 Å². The summed E-state index contributed by atoms with van der Waals surface area (Å²) in [5.74, 6) is 0.883. The Kier molecular flexibility index (Phi) is 4.40. The Balaban J connectivity index is 1.37. The standard InChI is InChI=1S/C18H20N4O2/c1-2-5-15(6-3-1)18-11-16(24-20-18)12-21-9-10-23-17(13-21)14-22-8-4-7-19-22/h1-8,11,17H,9-10,12-14H2/t17-/m0/s1. The number of hydrogen-bond acceptors (Lipinski definition) is 5. The smallest absolute Gasteiger partial charge is 0.151 e. The van der Waals surface area contributed by atoms with E-state index in [2.05, 4.69) is 15.2 Å². The molecule has 124 valence electrons. The van der Waals surface area contributed by atoms with Crippen LogP contribution in [0.3, 0.4) is 0 Å². The average Bonchev–Trinajstić information content (AvgIpc) is 3.28. The van der Waals surface area contributed by atoms with Crippen molar-refractivity contribution < 1.29 is 9.26 Å². The maximum absolute atomic E-state index is 5.85. The van der Waals surface area contributed by atoms with Gasteiger partial charge in [-0.1, -0.05) is 35.5 Å². The zero-order valence-electron chi connectivity index (χ0n) is 13.4. The molecule has 24 heavy (non-hydrogen) atoms. The van der Waals surface area contributed by atoms with Gasteiger partial charge >= 0.3 is 0 Å². The zero-order chi connectivity index (χ0) is 16.2. The van der Waals surface area contributed by atoms with Crippen LogP contribution in [0.2, 0.25) is 0 Å². The maximum Gasteiger partial charge on any atom is 0.151 e. The largest absolute Gasteiger partial charge is 0.374 e. The van der Waals surface area contributed by atoms with Crippen molar-refractivity contribution >= 4 is 0 Å². The van der Waals surface area contributed by atoms with E-state index in [1.807, 2.05) is 53.3 Å². The lowest BCUT2D eigenvalue weighted by atomic mass is 10.1. The lowest BCUT2D eigenvalue weighted by molar-refractivity contribution is -0.0422. The van der Waals surface area contributed by atoms with Crippen molar-refractivity contribution in [2.45, 2.75) is 19.2 Å². The topological polar surface area (TPSA) is 56.3 Å². The maximum atomic E-state index is 5.85. The predicted molar refractivity (Wildman–Crippen MR) is 89.2 cm³/mol. The SMILES string of the molecule is c1ccc(-c2cc(CN3CCO[C@H](Cn4cccn4)C3)on2)cc1. The van der Waals surface area contributed by atoms with E-state index in [1.54, 1.807) is 6.20 Å². The molecule has 1 fully saturated rings. The van der Waals surface area contributed by atoms with Crippen LogP contribution in [-0.4, -0.2) is 45.6 Å². The molecule has 4 rings (SSSR count). The first-order valence-corrected chi connectivity index (χ1v) is 8.19. The van der Waals surface area contributed by atoms with Crippen molar-refractivity contribution in [2.75, 3.05) is 19.7 Å². The first-order chi connectivity index (χ1) is 11.9. The molecule has 0 bridgehead atoms. The summed E-state index contributed by atoms with van der Waals surface area (Å²) in [6, 6.07) is 14.0. The zero-order valence-corrected chi connectivity index (χ0v) is 13.4. The van der Waals surface area contributed by atoms with Gasteiger partial charge in [0.2, 0.25) is 0 Å². The van der Waals surface area contributed by atoms with E-state index in [0.29, 0.717) is 0 Å². The van der Waals surface area contributed by atoms with E-state index in [-0.39, 0.29) is 6.10 Å². The molecule has 0 saturated carbocycles. The van der Waals surface area contributed by atoms with Gasteiger partial charge in [-0.2, -0.15) is 5.10 Å². The minimum absolute atomic E-state index is 0.148. The third-order valence-electron chi connectivity index (χ3n) is 4.18. The molecule has 2 aromatic heterocycles. The Bertz CT molecular complexity index is 754. The van der Waals surface area contributed by atoms with Gasteiger partial charge in [0.05, 0.1) is 25.8 Å². The second-order valence-corrected chi connectivity index (χ2v) is 6.00. The first kappa shape index (κ1) is 15.1. The van der Waals surface area contributed by atoms with Crippen LogP contribution in [0.4, 0.5) is 0 Å². The van der Waals surface area contributed by atoms with Crippen LogP contribution in [0.25, 0.3) is 11.3 Å². The minimum atomic E-state index is 0.148. The van der Waals surface area contributed by atoms with Crippen LogP contribution in [0.15, 0.2) is 59.4 Å². The number of morpholine rings is 1. The molecular formula is C18H20N4O2. The van der Waals surface area contributed by atoms with Crippen LogP contribution in [0, 0.1) is 0 Å². The van der Waals surface area contributed by atoms with Crippen molar-refractivity contribution in [3.8, 4) is 11.3 Å². The van der Waals surface area contributed by atoms with Crippen molar-refractivity contribution in [3.63, 3.8) is 0 Å². The fourth-order valence-electron chi connectivity index (χ4n) is 3.00. The lowest BCUT2D eigenvalue weighted by Crippen LogP contribution is -2.43. The molecule has 0 amide bonds. The Morgan fingerprint density at radius 3 is 2.92 bits per heavy atom. The molecule has 1 aromatic carbocycles. The van der Waals surface area contributed by atoms with Gasteiger partial charge in [0.1, 0.15) is 5.69 Å². The monoisotopic (exact) mass is 324 g/mol. The molecule has 1 aliphatic rings. The summed E-state index contributed by atoms with van der Waals surface area (Å²) in [6.45, 7) is 4.01. The number of hydrogen-bond donors (Lipinski definition) is 0. The summed E-state index contributed by atoms with van der Waals surface area (Å²) < 4.78 is 13.3. The van der Waals surface area contributed by atoms with Crippen LogP contribution >= 0.6 is 0 Å². The number of aromatic nitrogens is 3. The van der Waals surface area contributed by atoms with Gasteiger partial charge < -0.3 is 9.26 Å². The quantitative estimate of drug-likeness (QED) is 0.721. The summed E-state index contributed by atoms with van der Waals surface area (Å²) in [7, 11) is 0. The molecule has 6 heteroatoms. The molecule has 0 aliphatic carbocycles. The van der Waals surface area contributed by atoms with Gasteiger partial charge in [-0.05, 0) is 6.07 Å². The molecule has 0 radical (unpaired) electrons. The second kappa shape index (κ2) is 6.98. The molecule has 0 N–H and O–H groups in total. The molecule has 3 aromatic rings. The highest BCUT2D eigenvalue weighted by atomic mass is 16.5. The van der Waals surface area contributed by atoms with E-state index in [1.165, 1.54) is 0 Å². The molecule has 0 unspecified atom stereocenters. The highest BCUT2D eigenvalue weighted by molar-refractivity contribution is 5.58. The van der Waals surface area contributed by atoms with E-state index in [4.69, 9.17) is 9.26 Å². The lowest BCUT2D eigenvalue weighted by Gasteiger charge is -2.32. The molecule has 3 heterocycles. The average molecular weight is 324 g/mol. The first-order valence-electron chi connectivity index (χ1n) is 8.19. The number of nitrogens with zero attached hydrogens (tertiary/aromatic N) is 4. The minimum Gasteiger partial charge on any atom is -0.374 e. The van der Waals surface area contributed by atoms with Crippen LogP contribution in [-0.2, 0) is 17.8 Å². The highest BCUT2D eigenvalue weighted by Gasteiger charge is 2.22. The molecule has 1 saturated heterocycles. The molecular weight excluding hydrogens is 304 g/mol. The summed E-state index contributed by atoms with van der Waals surface area (Å²) in [4.78, 5) is 2.34. The van der Waals surface area contributed by atoms with Gasteiger partial charge in [-0.3, -0.25) is 9.58 Å². The second-order valence-electron chi connectivity index (χ2n) is 6.00. The van der Waals surface area contributed by atoms with Crippen molar-refractivity contribution in [2.24, 2.45) is 0 Å². The van der Waals surface area contributed by atoms with Crippen LogP contribution in [0.5, 0.6) is 0 Å². The highest BCUT2D eigenvalue weighted by Crippen LogP contribution is 2.20. The third kappa shape index (κ3) is 3.55. The predicted octanol–water partition coefficient (Wildman–Crippen LogP) is 2.44. The molecule has 6 nitrogen and oxygen atoms in total. The van der Waals surface area contributed by atoms with E-state index in [9.17, 15) is 0 Å². The number of benzene rings is 1. The fraction of sp³-hybridized carbons (Fsp3) is 0.333. The third-order valence-corrected chi connectivity index (χ3v) is 4.18. The van der Waals surface area contributed by atoms with Gasteiger partial charge in [0.25, 0.3) is 0 Å². The van der Waals surface area contributed by atoms with Crippen LogP contribution < -0.4 is 0 Å². The van der Waals surface area contributed by atoms with Gasteiger partial charge in [0.15, 0.2) is 5.76 Å². The Morgan fingerprint density at radius 2 is 2.08 bits per heavy atom. The summed E-state index contributed by atoms with van der Waals surface area (Å²) in [5, 5.41) is 8.43. The van der Waals surface area contributed by atoms with Gasteiger partial charge in [-0.15, -0.1) is 0 Å². The molecule has 1 atom stereocenters. The summed E-state index contributed by atoms with van der Waals surface area (Å²) >= 11 is 0. The normalized spacial score (nSPS) is 18.8. The summed E-state index contributed by atoms with van der Waals surface area (Å²) in [6.07, 6.45) is 3.90. The van der Waals surface area contributed by atoms with E-state index in [0.717, 1.165) is 49.8 Å². The molecule has 1 aliphatic heterocycles. The fourth-order valence-corrected chi connectivity index (χ4v) is 3.00. The van der Waals surface area contributed by atoms with Gasteiger partial charge in [-0.25, -0.2) is 0 Å². The summed E-state index contributed by atoms with van der Waals surface area (Å²) in [5.41, 5.74) is 1.96. The van der Waals surface area contributed by atoms with Crippen LogP contribution in [0.1, 0.15) is 5.76 Å². The van der Waals surface area contributed by atoms with Crippen molar-refractivity contribution in [3.05, 3.63) is 60.6 Å². The van der Waals surface area contributed by atoms with Gasteiger partial charge in [0, 0.05) is 37.1 Å². The molecule has 0 spiro atoms. The Labute approximate surface area is 140 Å². The Morgan fingerprint density at radius 1 is 1.17 bits per heavy atom. The number of ether oxygens (including phenoxy) is 1.